The molecule has 0 fully saturated rings. The van der Waals surface area contributed by atoms with E-state index in [-0.39, 0.29) is 25.2 Å². The zero-order valence-electron chi connectivity index (χ0n) is 16.2. The minimum absolute atomic E-state index is 0.226. The number of ether oxygens (including phenoxy) is 2. The molecule has 1 aromatic carbocycles. The number of amides is 1. The number of nitrogens with one attached hydrogen (secondary N) is 2. The lowest BCUT2D eigenvalue weighted by molar-refractivity contribution is -0.153. The second-order valence-electron chi connectivity index (χ2n) is 7.17. The summed E-state index contributed by atoms with van der Waals surface area (Å²) in [7, 11) is 0. The maximum absolute atomic E-state index is 11.6. The van der Waals surface area contributed by atoms with Crippen molar-refractivity contribution in [3.8, 4) is 0 Å². The van der Waals surface area contributed by atoms with Gasteiger partial charge in [-0.2, -0.15) is 0 Å². The van der Waals surface area contributed by atoms with Gasteiger partial charge in [-0.1, -0.05) is 43.2 Å². The Morgan fingerprint density at radius 1 is 0.962 bits per heavy atom. The second kappa shape index (κ2) is 12.3. The normalized spacial score (nSPS) is 11.0. The highest BCUT2D eigenvalue weighted by Crippen LogP contribution is 2.06. The summed E-state index contributed by atoms with van der Waals surface area (Å²) in [5.41, 5.74) is 0.537. The highest BCUT2D eigenvalue weighted by Gasteiger charge is 2.15. The van der Waals surface area contributed by atoms with Gasteiger partial charge in [0.15, 0.2) is 0 Å². The van der Waals surface area contributed by atoms with Crippen molar-refractivity contribution in [3.63, 3.8) is 0 Å². The molecule has 0 radical (unpaired) electrons. The van der Waals surface area contributed by atoms with E-state index < -0.39 is 5.60 Å². The van der Waals surface area contributed by atoms with E-state index in [4.69, 9.17) is 9.47 Å². The number of hydrogen-bond acceptors (Lipinski definition) is 5. The summed E-state index contributed by atoms with van der Waals surface area (Å²) < 4.78 is 10.4. The average molecular weight is 364 g/mol. The molecule has 0 spiro atoms. The van der Waals surface area contributed by atoms with Crippen LogP contribution in [0.5, 0.6) is 0 Å². The lowest BCUT2D eigenvalue weighted by Crippen LogP contribution is -2.31. The number of unbranched alkanes of at least 4 members (excludes halogenated alkanes) is 3. The van der Waals surface area contributed by atoms with Gasteiger partial charge in [0.2, 0.25) is 0 Å². The minimum Gasteiger partial charge on any atom is -0.459 e. The fourth-order valence-corrected chi connectivity index (χ4v) is 2.26. The van der Waals surface area contributed by atoms with E-state index in [0.717, 1.165) is 37.8 Å². The molecule has 2 N–H and O–H groups in total. The Bertz CT molecular complexity index is 526. The molecule has 0 aliphatic carbocycles. The number of esters is 1. The molecule has 26 heavy (non-hydrogen) atoms. The minimum atomic E-state index is -0.437. The van der Waals surface area contributed by atoms with Crippen LogP contribution in [-0.2, 0) is 20.9 Å². The summed E-state index contributed by atoms with van der Waals surface area (Å²) in [5.74, 6) is -0.226. The lowest BCUT2D eigenvalue weighted by atomic mass is 10.2. The fourth-order valence-electron chi connectivity index (χ4n) is 2.26. The molecule has 1 rings (SSSR count). The largest absolute Gasteiger partial charge is 0.459 e. The van der Waals surface area contributed by atoms with Crippen LogP contribution in [0.4, 0.5) is 4.79 Å². The second-order valence-corrected chi connectivity index (χ2v) is 7.17. The van der Waals surface area contributed by atoms with Crippen LogP contribution >= 0.6 is 0 Å². The number of rotatable bonds is 11. The van der Waals surface area contributed by atoms with Gasteiger partial charge in [-0.15, -0.1) is 0 Å². The van der Waals surface area contributed by atoms with Crippen molar-refractivity contribution in [1.29, 1.82) is 0 Å². The molecule has 0 unspecified atom stereocenters. The maximum atomic E-state index is 11.6. The first-order valence-corrected chi connectivity index (χ1v) is 9.24. The molecule has 0 aromatic heterocycles. The third-order valence-corrected chi connectivity index (χ3v) is 3.45. The number of hydrogen-bond donors (Lipinski definition) is 2. The summed E-state index contributed by atoms with van der Waals surface area (Å²) in [6, 6.07) is 9.60. The first-order chi connectivity index (χ1) is 12.4. The molecule has 0 saturated heterocycles. The van der Waals surface area contributed by atoms with Crippen molar-refractivity contribution < 1.29 is 19.1 Å². The molecule has 0 heterocycles. The van der Waals surface area contributed by atoms with Gasteiger partial charge in [0, 0.05) is 6.54 Å². The SMILES string of the molecule is CC(C)(C)OC(=O)CNCCCCCCNC(=O)OCc1ccccc1. The predicted octanol–water partition coefficient (Wildman–Crippen LogP) is 3.40. The Morgan fingerprint density at radius 2 is 1.62 bits per heavy atom. The summed E-state index contributed by atoms with van der Waals surface area (Å²) in [6.07, 6.45) is 3.58. The summed E-state index contributed by atoms with van der Waals surface area (Å²) in [5, 5.41) is 5.84. The number of alkyl carbamates (subject to hydrolysis) is 1. The molecule has 0 atom stereocenters. The zero-order chi connectivity index (χ0) is 19.3. The average Bonchev–Trinajstić information content (AvgIpc) is 2.58. The smallest absolute Gasteiger partial charge is 0.407 e. The van der Waals surface area contributed by atoms with Gasteiger partial charge < -0.3 is 20.1 Å². The zero-order valence-corrected chi connectivity index (χ0v) is 16.2. The van der Waals surface area contributed by atoms with Gasteiger partial charge in [0.05, 0.1) is 6.54 Å². The topological polar surface area (TPSA) is 76.7 Å². The molecule has 0 saturated carbocycles. The van der Waals surface area contributed by atoms with Crippen LogP contribution in [0.2, 0.25) is 0 Å². The molecule has 6 nitrogen and oxygen atoms in total. The van der Waals surface area contributed by atoms with Gasteiger partial charge in [-0.05, 0) is 45.7 Å². The molecule has 0 aliphatic rings. The van der Waals surface area contributed by atoms with Crippen molar-refractivity contribution in [1.82, 2.24) is 10.6 Å². The maximum Gasteiger partial charge on any atom is 0.407 e. The highest BCUT2D eigenvalue weighted by atomic mass is 16.6. The number of benzene rings is 1. The van der Waals surface area contributed by atoms with Gasteiger partial charge >= 0.3 is 12.1 Å². The van der Waals surface area contributed by atoms with Crippen LogP contribution < -0.4 is 10.6 Å². The van der Waals surface area contributed by atoms with Crippen LogP contribution in [0, 0.1) is 0 Å². The van der Waals surface area contributed by atoms with Gasteiger partial charge in [-0.25, -0.2) is 4.79 Å². The Hall–Kier alpha value is -2.08. The number of carbonyl (C=O) groups excluding carboxylic acids is 2. The molecular formula is C20H32N2O4. The van der Waals surface area contributed by atoms with E-state index >= 15 is 0 Å². The quantitative estimate of drug-likeness (QED) is 0.465. The third kappa shape index (κ3) is 12.3. The van der Waals surface area contributed by atoms with E-state index in [0.29, 0.717) is 6.54 Å². The predicted molar refractivity (Wildman–Crippen MR) is 102 cm³/mol. The van der Waals surface area contributed by atoms with E-state index in [9.17, 15) is 9.59 Å². The molecule has 1 amide bonds. The Morgan fingerprint density at radius 3 is 2.27 bits per heavy atom. The van der Waals surface area contributed by atoms with Crippen LogP contribution in [0.25, 0.3) is 0 Å². The van der Waals surface area contributed by atoms with Crippen molar-refractivity contribution in [2.45, 2.75) is 58.7 Å². The van der Waals surface area contributed by atoms with Crippen molar-refractivity contribution >= 4 is 12.1 Å². The van der Waals surface area contributed by atoms with Crippen LogP contribution in [0.3, 0.4) is 0 Å². The molecule has 146 valence electrons. The van der Waals surface area contributed by atoms with E-state index in [1.54, 1.807) is 0 Å². The fraction of sp³-hybridized carbons (Fsp3) is 0.600. The Balaban J connectivity index is 1.90. The lowest BCUT2D eigenvalue weighted by Gasteiger charge is -2.19. The van der Waals surface area contributed by atoms with Crippen molar-refractivity contribution in [3.05, 3.63) is 35.9 Å². The molecule has 6 heteroatoms. The first kappa shape index (κ1) is 22.0. The van der Waals surface area contributed by atoms with Crippen LogP contribution in [-0.4, -0.2) is 37.3 Å². The highest BCUT2D eigenvalue weighted by molar-refractivity contribution is 5.72. The molecule has 0 aliphatic heterocycles. The standard InChI is InChI=1S/C20H32N2O4/c1-20(2,3)26-18(23)15-21-13-9-4-5-10-14-22-19(24)25-16-17-11-7-6-8-12-17/h6-8,11-12,21H,4-5,9-10,13-16H2,1-3H3,(H,22,24). The molecular weight excluding hydrogens is 332 g/mol. The first-order valence-electron chi connectivity index (χ1n) is 9.24. The Kier molecular flexibility index (Phi) is 10.4. The van der Waals surface area contributed by atoms with E-state index in [1.165, 1.54) is 0 Å². The summed E-state index contributed by atoms with van der Waals surface area (Å²) >= 11 is 0. The molecule has 0 bridgehead atoms. The van der Waals surface area contributed by atoms with Crippen LogP contribution in [0.1, 0.15) is 52.0 Å². The molecule has 1 aromatic rings. The third-order valence-electron chi connectivity index (χ3n) is 3.45. The van der Waals surface area contributed by atoms with Crippen molar-refractivity contribution in [2.24, 2.45) is 0 Å². The summed E-state index contributed by atoms with van der Waals surface area (Å²) in [6.45, 7) is 7.50. The monoisotopic (exact) mass is 364 g/mol. The Labute approximate surface area is 156 Å². The number of carbonyl (C=O) groups is 2. The van der Waals surface area contributed by atoms with Gasteiger partial charge in [-0.3, -0.25) is 4.79 Å². The summed E-state index contributed by atoms with van der Waals surface area (Å²) in [4.78, 5) is 23.1. The van der Waals surface area contributed by atoms with E-state index in [2.05, 4.69) is 10.6 Å². The van der Waals surface area contributed by atoms with Crippen LogP contribution in [0.15, 0.2) is 30.3 Å². The van der Waals surface area contributed by atoms with Gasteiger partial charge in [0.25, 0.3) is 0 Å². The van der Waals surface area contributed by atoms with E-state index in [1.807, 2.05) is 51.1 Å². The van der Waals surface area contributed by atoms with Gasteiger partial charge in [0.1, 0.15) is 12.2 Å². The van der Waals surface area contributed by atoms with Crippen molar-refractivity contribution in [2.75, 3.05) is 19.6 Å².